The highest BCUT2D eigenvalue weighted by Crippen LogP contribution is 2.31. The van der Waals surface area contributed by atoms with Gasteiger partial charge in [-0.05, 0) is 24.0 Å². The Kier molecular flexibility index (Phi) is 3.48. The first kappa shape index (κ1) is 11.7. The number of aryl methyl sites for hydroxylation is 1. The average molecular weight is 207 g/mol. The van der Waals surface area contributed by atoms with Crippen molar-refractivity contribution < 1.29 is 9.90 Å². The quantitative estimate of drug-likeness (QED) is 0.745. The van der Waals surface area contributed by atoms with Crippen LogP contribution in [-0.2, 0) is 0 Å². The van der Waals surface area contributed by atoms with Crippen molar-refractivity contribution in [3.05, 3.63) is 28.8 Å². The van der Waals surface area contributed by atoms with Crippen LogP contribution >= 0.6 is 0 Å². The minimum Gasteiger partial charge on any atom is -0.507 e. The van der Waals surface area contributed by atoms with Crippen LogP contribution in [0.4, 0.5) is 0 Å². The number of carbonyl (C=O) groups is 1. The van der Waals surface area contributed by atoms with Gasteiger partial charge in [0.1, 0.15) is 5.75 Å². The van der Waals surface area contributed by atoms with Gasteiger partial charge in [0.2, 0.25) is 0 Å². The molecule has 3 nitrogen and oxygen atoms in total. The summed E-state index contributed by atoms with van der Waals surface area (Å²) in [5, 5.41) is 9.97. The first-order chi connectivity index (χ1) is 6.99. The molecule has 0 amide bonds. The molecule has 0 fully saturated rings. The van der Waals surface area contributed by atoms with Crippen LogP contribution in [0.25, 0.3) is 0 Å². The van der Waals surface area contributed by atoms with Crippen LogP contribution in [0.15, 0.2) is 12.1 Å². The predicted molar refractivity (Wildman–Crippen MR) is 60.3 cm³/mol. The lowest BCUT2D eigenvalue weighted by Crippen LogP contribution is -2.15. The first-order valence-electron chi connectivity index (χ1n) is 5.04. The molecule has 0 unspecified atom stereocenters. The van der Waals surface area contributed by atoms with Gasteiger partial charge in [-0.25, -0.2) is 0 Å². The predicted octanol–water partition coefficient (Wildman–Crippen LogP) is 1.97. The molecule has 0 aliphatic heterocycles. The number of carbonyl (C=O) groups excluding carboxylic acids is 1. The van der Waals surface area contributed by atoms with Crippen molar-refractivity contribution in [3.63, 3.8) is 0 Å². The normalized spacial score (nSPS) is 10.7. The van der Waals surface area contributed by atoms with Gasteiger partial charge >= 0.3 is 0 Å². The number of aromatic hydroxyl groups is 1. The molecule has 0 aliphatic carbocycles. The van der Waals surface area contributed by atoms with E-state index in [0.717, 1.165) is 11.1 Å². The third-order valence-electron chi connectivity index (χ3n) is 2.50. The molecule has 0 atom stereocenters. The number of phenolic OH excluding ortho intramolecular Hbond substituents is 1. The molecular formula is C12H17NO2. The van der Waals surface area contributed by atoms with Crippen molar-refractivity contribution in [1.29, 1.82) is 0 Å². The molecule has 0 spiro atoms. The van der Waals surface area contributed by atoms with E-state index >= 15 is 0 Å². The Balaban J connectivity index is 3.36. The van der Waals surface area contributed by atoms with Crippen molar-refractivity contribution in [2.45, 2.75) is 26.7 Å². The van der Waals surface area contributed by atoms with Crippen molar-refractivity contribution in [2.75, 3.05) is 6.54 Å². The Morgan fingerprint density at radius 1 is 1.47 bits per heavy atom. The number of rotatable bonds is 3. The zero-order valence-corrected chi connectivity index (χ0v) is 9.37. The summed E-state index contributed by atoms with van der Waals surface area (Å²) in [4.78, 5) is 11.5. The lowest BCUT2D eigenvalue weighted by atomic mass is 9.94. The van der Waals surface area contributed by atoms with E-state index in [1.165, 1.54) is 0 Å². The van der Waals surface area contributed by atoms with Gasteiger partial charge in [0, 0.05) is 0 Å². The molecule has 0 heterocycles. The number of phenols is 1. The molecule has 0 aliphatic rings. The summed E-state index contributed by atoms with van der Waals surface area (Å²) >= 11 is 0. The minimum atomic E-state index is -0.215. The highest BCUT2D eigenvalue weighted by atomic mass is 16.3. The third kappa shape index (κ3) is 2.18. The Bertz CT molecular complexity index is 383. The maximum atomic E-state index is 11.5. The Morgan fingerprint density at radius 2 is 2.07 bits per heavy atom. The number of ketones is 1. The van der Waals surface area contributed by atoms with E-state index in [1.807, 2.05) is 26.0 Å². The van der Waals surface area contributed by atoms with E-state index in [4.69, 9.17) is 5.73 Å². The van der Waals surface area contributed by atoms with Gasteiger partial charge in [-0.1, -0.05) is 26.0 Å². The molecule has 15 heavy (non-hydrogen) atoms. The van der Waals surface area contributed by atoms with Crippen LogP contribution < -0.4 is 5.73 Å². The van der Waals surface area contributed by atoms with Crippen LogP contribution in [0.1, 0.15) is 41.3 Å². The summed E-state index contributed by atoms with van der Waals surface area (Å²) < 4.78 is 0. The summed E-state index contributed by atoms with van der Waals surface area (Å²) in [6.45, 7) is 5.67. The zero-order valence-electron chi connectivity index (χ0n) is 9.37. The van der Waals surface area contributed by atoms with E-state index < -0.39 is 0 Å². The van der Waals surface area contributed by atoms with E-state index in [-0.39, 0.29) is 24.0 Å². The van der Waals surface area contributed by atoms with Gasteiger partial charge < -0.3 is 10.8 Å². The number of hydrogen-bond acceptors (Lipinski definition) is 3. The summed E-state index contributed by atoms with van der Waals surface area (Å²) in [6.07, 6.45) is 0. The average Bonchev–Trinajstić information content (AvgIpc) is 2.16. The van der Waals surface area contributed by atoms with Crippen LogP contribution in [0.3, 0.4) is 0 Å². The maximum Gasteiger partial charge on any atom is 0.180 e. The van der Waals surface area contributed by atoms with Gasteiger partial charge in [-0.15, -0.1) is 0 Å². The second-order valence-corrected chi connectivity index (χ2v) is 3.98. The molecular weight excluding hydrogens is 190 g/mol. The van der Waals surface area contributed by atoms with Crippen molar-refractivity contribution in [2.24, 2.45) is 5.73 Å². The van der Waals surface area contributed by atoms with E-state index in [9.17, 15) is 9.90 Å². The lowest BCUT2D eigenvalue weighted by Gasteiger charge is -2.13. The lowest BCUT2D eigenvalue weighted by molar-refractivity contribution is 0.0998. The van der Waals surface area contributed by atoms with Crippen molar-refractivity contribution in [1.82, 2.24) is 0 Å². The Hall–Kier alpha value is -1.35. The third-order valence-corrected chi connectivity index (χ3v) is 2.50. The number of hydrogen-bond donors (Lipinski definition) is 2. The van der Waals surface area contributed by atoms with Crippen LogP contribution in [0.2, 0.25) is 0 Å². The van der Waals surface area contributed by atoms with Crippen LogP contribution in [0.5, 0.6) is 5.75 Å². The van der Waals surface area contributed by atoms with Crippen LogP contribution in [0, 0.1) is 6.92 Å². The Morgan fingerprint density at radius 3 is 2.53 bits per heavy atom. The van der Waals surface area contributed by atoms with E-state index in [0.29, 0.717) is 5.56 Å². The molecule has 0 saturated heterocycles. The topological polar surface area (TPSA) is 63.3 Å². The van der Waals surface area contributed by atoms with Gasteiger partial charge in [0.05, 0.1) is 12.1 Å². The molecule has 3 heteroatoms. The summed E-state index contributed by atoms with van der Waals surface area (Å²) in [6, 6.07) is 3.70. The number of nitrogens with two attached hydrogens (primary N) is 1. The second-order valence-electron chi connectivity index (χ2n) is 3.98. The van der Waals surface area contributed by atoms with Gasteiger partial charge in [0.15, 0.2) is 5.78 Å². The largest absolute Gasteiger partial charge is 0.507 e. The molecule has 0 aromatic heterocycles. The molecule has 1 aromatic carbocycles. The van der Waals surface area contributed by atoms with Crippen molar-refractivity contribution >= 4 is 5.78 Å². The van der Waals surface area contributed by atoms with Crippen molar-refractivity contribution in [3.8, 4) is 5.75 Å². The fraction of sp³-hybridized carbons (Fsp3) is 0.417. The molecule has 3 N–H and O–H groups in total. The molecule has 1 rings (SSSR count). The summed E-state index contributed by atoms with van der Waals surface area (Å²) in [5.74, 6) is 0.0582. The highest BCUT2D eigenvalue weighted by molar-refractivity contribution is 6.01. The zero-order chi connectivity index (χ0) is 11.6. The van der Waals surface area contributed by atoms with Gasteiger partial charge in [-0.3, -0.25) is 4.79 Å². The van der Waals surface area contributed by atoms with E-state index in [1.54, 1.807) is 6.92 Å². The maximum absolute atomic E-state index is 11.5. The minimum absolute atomic E-state index is 0.0735. The molecule has 82 valence electrons. The van der Waals surface area contributed by atoms with Gasteiger partial charge in [0.25, 0.3) is 0 Å². The molecule has 0 radical (unpaired) electrons. The fourth-order valence-electron chi connectivity index (χ4n) is 1.63. The Labute approximate surface area is 89.9 Å². The fourth-order valence-corrected chi connectivity index (χ4v) is 1.63. The highest BCUT2D eigenvalue weighted by Gasteiger charge is 2.17. The van der Waals surface area contributed by atoms with Gasteiger partial charge in [-0.2, -0.15) is 0 Å². The van der Waals surface area contributed by atoms with Crippen LogP contribution in [-0.4, -0.2) is 17.4 Å². The summed E-state index contributed by atoms with van der Waals surface area (Å²) in [7, 11) is 0. The second kappa shape index (κ2) is 4.45. The first-order valence-corrected chi connectivity index (χ1v) is 5.04. The smallest absolute Gasteiger partial charge is 0.180 e. The number of benzene rings is 1. The monoisotopic (exact) mass is 207 g/mol. The standard InChI is InChI=1S/C12H17NO2/c1-7(2)9-5-4-8(3)11(12(9)15)10(14)6-13/h4-5,7,15H,6,13H2,1-3H3. The molecule has 0 saturated carbocycles. The number of Topliss-reactive ketones (excluding diaryl/α,β-unsaturated/α-hetero) is 1. The molecule has 0 bridgehead atoms. The SMILES string of the molecule is Cc1ccc(C(C)C)c(O)c1C(=O)CN. The molecule has 1 aromatic rings. The summed E-state index contributed by atoms with van der Waals surface area (Å²) in [5.41, 5.74) is 7.23. The van der Waals surface area contributed by atoms with E-state index in [2.05, 4.69) is 0 Å².